The van der Waals surface area contributed by atoms with Gasteiger partial charge in [0.05, 0.1) is 13.2 Å². The number of aryl methyl sites for hydroxylation is 3. The van der Waals surface area contributed by atoms with Gasteiger partial charge in [-0.25, -0.2) is 13.2 Å². The number of rotatable bonds is 13. The van der Waals surface area contributed by atoms with Gasteiger partial charge in [0.25, 0.3) is 0 Å². The molecule has 10 heteroatoms. The summed E-state index contributed by atoms with van der Waals surface area (Å²) in [5.41, 5.74) is 1.54. The van der Waals surface area contributed by atoms with Crippen molar-refractivity contribution in [2.24, 2.45) is 0 Å². The molecule has 1 aliphatic heterocycles. The molecule has 0 aliphatic carbocycles. The van der Waals surface area contributed by atoms with E-state index in [1.54, 1.807) is 18.2 Å². The van der Waals surface area contributed by atoms with Gasteiger partial charge in [-0.2, -0.15) is 13.2 Å². The Kier molecular flexibility index (Phi) is 10.9. The lowest BCUT2D eigenvalue weighted by Gasteiger charge is -2.29. The molecule has 0 unspecified atom stereocenters. The Morgan fingerprint density at radius 2 is 1.59 bits per heavy atom. The molecule has 0 amide bonds. The Morgan fingerprint density at radius 1 is 0.854 bits per heavy atom. The topological polar surface area (TPSA) is 36.9 Å². The predicted octanol–water partition coefficient (Wildman–Crippen LogP) is 7.86. The van der Waals surface area contributed by atoms with Crippen LogP contribution in [-0.4, -0.2) is 45.0 Å². The maximum Gasteiger partial charge on any atom is 0.422 e. The van der Waals surface area contributed by atoms with E-state index in [-0.39, 0.29) is 30.8 Å². The number of alkyl halides is 3. The van der Waals surface area contributed by atoms with Gasteiger partial charge in [-0.05, 0) is 59.9 Å². The smallest absolute Gasteiger partial charge is 0.422 e. The zero-order chi connectivity index (χ0) is 29.4. The van der Waals surface area contributed by atoms with Gasteiger partial charge < -0.3 is 18.9 Å². The van der Waals surface area contributed by atoms with E-state index in [2.05, 4.69) is 11.7 Å². The molecule has 224 valence electrons. The molecular weight excluding hydrogens is 550 g/mol. The van der Waals surface area contributed by atoms with E-state index in [1.165, 1.54) is 0 Å². The molecular formula is C31H34F6O4. The number of hydrogen-bond donors (Lipinski definition) is 0. The number of unbranched alkanes of at least 4 members (excludes halogenated alkanes) is 2. The summed E-state index contributed by atoms with van der Waals surface area (Å²) in [6.07, 6.45) is -0.212. The molecule has 0 N–H and O–H groups in total. The van der Waals surface area contributed by atoms with Crippen molar-refractivity contribution in [3.8, 4) is 5.75 Å². The van der Waals surface area contributed by atoms with Crippen LogP contribution in [0, 0.1) is 17.5 Å². The van der Waals surface area contributed by atoms with Crippen LogP contribution in [0.1, 0.15) is 49.3 Å². The van der Waals surface area contributed by atoms with Crippen molar-refractivity contribution in [1.82, 2.24) is 0 Å². The normalized spacial score (nSPS) is 17.7. The average Bonchev–Trinajstić information content (AvgIpc) is 2.93. The zero-order valence-corrected chi connectivity index (χ0v) is 22.9. The van der Waals surface area contributed by atoms with E-state index in [1.807, 2.05) is 12.1 Å². The second kappa shape index (κ2) is 14.4. The molecule has 0 atom stereocenters. The molecule has 3 aromatic carbocycles. The van der Waals surface area contributed by atoms with Gasteiger partial charge in [0.2, 0.25) is 0 Å². The quantitative estimate of drug-likeness (QED) is 0.151. The van der Waals surface area contributed by atoms with Crippen LogP contribution in [0.4, 0.5) is 26.3 Å². The first-order valence-electron chi connectivity index (χ1n) is 13.8. The van der Waals surface area contributed by atoms with E-state index in [0.29, 0.717) is 43.6 Å². The Bertz CT molecular complexity index is 1260. The molecule has 1 saturated heterocycles. The third-order valence-corrected chi connectivity index (χ3v) is 6.93. The van der Waals surface area contributed by atoms with E-state index in [9.17, 15) is 22.0 Å². The Hall–Kier alpha value is -2.82. The van der Waals surface area contributed by atoms with Gasteiger partial charge in [-0.3, -0.25) is 0 Å². The van der Waals surface area contributed by atoms with Crippen LogP contribution in [0.15, 0.2) is 42.5 Å². The summed E-state index contributed by atoms with van der Waals surface area (Å²) in [7, 11) is 0. The van der Waals surface area contributed by atoms with E-state index in [0.717, 1.165) is 42.3 Å². The zero-order valence-electron chi connectivity index (χ0n) is 22.9. The SMILES string of the molecule is CCCCCOC1COC(CCc2ccc3c(F)c(CCc4cc(F)c(OCC(F)(F)F)c(F)c4)ccc3c2)OC1. The molecule has 1 fully saturated rings. The van der Waals surface area contributed by atoms with Gasteiger partial charge in [0.1, 0.15) is 11.9 Å². The molecule has 41 heavy (non-hydrogen) atoms. The van der Waals surface area contributed by atoms with Gasteiger partial charge in [0, 0.05) is 18.4 Å². The summed E-state index contributed by atoms with van der Waals surface area (Å²) in [4.78, 5) is 0. The van der Waals surface area contributed by atoms with Gasteiger partial charge in [-0.15, -0.1) is 0 Å². The second-order valence-electron chi connectivity index (χ2n) is 10.2. The number of halogens is 6. The fourth-order valence-electron chi connectivity index (χ4n) is 4.74. The highest BCUT2D eigenvalue weighted by Gasteiger charge is 2.30. The van der Waals surface area contributed by atoms with Crippen LogP contribution in [0.2, 0.25) is 0 Å². The third-order valence-electron chi connectivity index (χ3n) is 6.93. The predicted molar refractivity (Wildman–Crippen MR) is 142 cm³/mol. The summed E-state index contributed by atoms with van der Waals surface area (Å²) in [5, 5.41) is 1.14. The lowest BCUT2D eigenvalue weighted by molar-refractivity contribution is -0.227. The van der Waals surface area contributed by atoms with Crippen LogP contribution in [0.3, 0.4) is 0 Å². The van der Waals surface area contributed by atoms with E-state index < -0.39 is 36.0 Å². The van der Waals surface area contributed by atoms with Crippen molar-refractivity contribution >= 4 is 10.8 Å². The minimum absolute atomic E-state index is 0.0457. The molecule has 0 radical (unpaired) electrons. The maximum atomic E-state index is 15.3. The fourth-order valence-corrected chi connectivity index (χ4v) is 4.74. The van der Waals surface area contributed by atoms with Gasteiger partial charge in [-0.1, -0.05) is 50.1 Å². The fraction of sp³-hybridized carbons (Fsp3) is 0.484. The molecule has 0 aromatic heterocycles. The average molecular weight is 585 g/mol. The summed E-state index contributed by atoms with van der Waals surface area (Å²) < 4.78 is 102. The first-order chi connectivity index (χ1) is 19.6. The minimum Gasteiger partial charge on any atom is -0.478 e. The number of benzene rings is 3. The third kappa shape index (κ3) is 9.08. The van der Waals surface area contributed by atoms with Crippen LogP contribution in [0.5, 0.6) is 5.75 Å². The van der Waals surface area contributed by atoms with Gasteiger partial charge in [0.15, 0.2) is 30.3 Å². The Balaban J connectivity index is 1.30. The summed E-state index contributed by atoms with van der Waals surface area (Å²) >= 11 is 0. The summed E-state index contributed by atoms with van der Waals surface area (Å²) in [5.74, 6) is -3.99. The lowest BCUT2D eigenvalue weighted by atomic mass is 9.98. The maximum absolute atomic E-state index is 15.3. The Labute approximate surface area is 235 Å². The molecule has 0 spiro atoms. The number of fused-ring (bicyclic) bond motifs is 1. The van der Waals surface area contributed by atoms with Crippen LogP contribution in [-0.2, 0) is 33.5 Å². The van der Waals surface area contributed by atoms with Crippen molar-refractivity contribution in [3.05, 3.63) is 76.6 Å². The second-order valence-corrected chi connectivity index (χ2v) is 10.2. The number of hydrogen-bond acceptors (Lipinski definition) is 4. The summed E-state index contributed by atoms with van der Waals surface area (Å²) in [6.45, 7) is 2.04. The van der Waals surface area contributed by atoms with Crippen molar-refractivity contribution in [2.75, 3.05) is 26.4 Å². The first kappa shape index (κ1) is 31.1. The monoisotopic (exact) mass is 584 g/mol. The van der Waals surface area contributed by atoms with Gasteiger partial charge >= 0.3 is 6.18 Å². The van der Waals surface area contributed by atoms with Crippen molar-refractivity contribution < 1.29 is 45.3 Å². The molecule has 1 aliphatic rings. The van der Waals surface area contributed by atoms with Crippen LogP contribution in [0.25, 0.3) is 10.8 Å². The highest BCUT2D eigenvalue weighted by atomic mass is 19.4. The molecule has 0 bridgehead atoms. The van der Waals surface area contributed by atoms with E-state index >= 15 is 4.39 Å². The molecule has 3 aromatic rings. The largest absolute Gasteiger partial charge is 0.478 e. The molecule has 4 rings (SSSR count). The molecule has 1 heterocycles. The standard InChI is InChI=1S/C31H34F6O4/c1-2-3-4-13-38-24-17-39-28(40-18-24)12-7-20-6-11-25-23(14-20)10-9-22(29(25)34)8-5-21-15-26(32)30(27(33)16-21)41-19-31(35,36)37/h6,9-11,14-16,24,28H,2-5,7-8,12-13,17-19H2,1H3. The highest BCUT2D eigenvalue weighted by Crippen LogP contribution is 2.28. The lowest BCUT2D eigenvalue weighted by Crippen LogP contribution is -2.37. The first-order valence-corrected chi connectivity index (χ1v) is 13.8. The Morgan fingerprint density at radius 3 is 2.27 bits per heavy atom. The number of ether oxygens (including phenoxy) is 4. The van der Waals surface area contributed by atoms with Crippen LogP contribution >= 0.6 is 0 Å². The van der Waals surface area contributed by atoms with E-state index in [4.69, 9.17) is 14.2 Å². The van der Waals surface area contributed by atoms with Crippen molar-refractivity contribution in [2.45, 2.75) is 70.4 Å². The molecule has 0 saturated carbocycles. The van der Waals surface area contributed by atoms with Crippen molar-refractivity contribution in [3.63, 3.8) is 0 Å². The molecule has 4 nitrogen and oxygen atoms in total. The minimum atomic E-state index is -4.73. The highest BCUT2D eigenvalue weighted by molar-refractivity contribution is 5.84. The van der Waals surface area contributed by atoms with Crippen LogP contribution < -0.4 is 4.74 Å². The summed E-state index contributed by atoms with van der Waals surface area (Å²) in [6, 6.07) is 10.7. The van der Waals surface area contributed by atoms with Crippen molar-refractivity contribution in [1.29, 1.82) is 0 Å².